The third-order valence-electron chi connectivity index (χ3n) is 1.19. The normalized spacial score (nSPS) is 11.1. The fourth-order valence-corrected chi connectivity index (χ4v) is 0.515. The van der Waals surface area contributed by atoms with Crippen molar-refractivity contribution in [2.75, 3.05) is 20.6 Å². The van der Waals surface area contributed by atoms with Crippen LogP contribution in [0, 0.1) is 7.05 Å². The number of nitrogens with zero attached hydrogens (tertiary/aromatic N) is 1. The molecule has 0 aliphatic rings. The van der Waals surface area contributed by atoms with Crippen LogP contribution in [0.25, 0.3) is 0 Å². The van der Waals surface area contributed by atoms with Crippen molar-refractivity contribution in [1.29, 1.82) is 0 Å². The minimum absolute atomic E-state index is 0.0925. The summed E-state index contributed by atoms with van der Waals surface area (Å²) in [7, 11) is 7.74. The Hall–Kier alpha value is -0.630. The van der Waals surface area contributed by atoms with Gasteiger partial charge in [0.05, 0.1) is 27.1 Å². The molecule has 0 fully saturated rings. The van der Waals surface area contributed by atoms with Gasteiger partial charge in [-0.2, -0.15) is 0 Å². The van der Waals surface area contributed by atoms with E-state index in [0.717, 1.165) is 6.54 Å². The van der Waals surface area contributed by atoms with Gasteiger partial charge >= 0.3 is 0 Å². The lowest BCUT2D eigenvalue weighted by molar-refractivity contribution is -0.844. The van der Waals surface area contributed by atoms with Crippen LogP contribution in [0.15, 0.2) is 12.7 Å². The maximum atomic E-state index is 10.7. The Morgan fingerprint density at radius 1 is 1.60 bits per heavy atom. The largest absolute Gasteiger partial charge is 0.323 e. The molecule has 0 spiro atoms. The van der Waals surface area contributed by atoms with Crippen LogP contribution in [0.3, 0.4) is 0 Å². The van der Waals surface area contributed by atoms with E-state index in [2.05, 4.69) is 13.6 Å². The van der Waals surface area contributed by atoms with Gasteiger partial charge in [0.15, 0.2) is 5.78 Å². The van der Waals surface area contributed by atoms with Crippen LogP contribution in [0.4, 0.5) is 0 Å². The first-order valence-electron chi connectivity index (χ1n) is 3.28. The van der Waals surface area contributed by atoms with E-state index in [9.17, 15) is 4.79 Å². The molecule has 0 rings (SSSR count). The lowest BCUT2D eigenvalue weighted by Gasteiger charge is -2.21. The molecule has 0 atom stereocenters. The fraction of sp³-hybridized carbons (Fsp3) is 0.500. The van der Waals surface area contributed by atoms with E-state index in [-0.39, 0.29) is 5.78 Å². The number of hydrogen-bond donors (Lipinski definition) is 0. The minimum atomic E-state index is 0.0925. The van der Waals surface area contributed by atoms with E-state index in [0.29, 0.717) is 10.9 Å². The Kier molecular flexibility index (Phi) is 3.30. The summed E-state index contributed by atoms with van der Waals surface area (Å²) in [4.78, 5) is 10.7. The van der Waals surface area contributed by atoms with Crippen LogP contribution >= 0.6 is 0 Å². The van der Waals surface area contributed by atoms with Gasteiger partial charge in [-0.05, 0) is 6.08 Å². The zero-order chi connectivity index (χ0) is 8.20. The quantitative estimate of drug-likeness (QED) is 0.421. The van der Waals surface area contributed by atoms with Gasteiger partial charge < -0.3 is 4.48 Å². The standard InChI is InChI=1S/C8H15NO/c1-5-8(10)6-7-9(2,3)4/h5H,1-2,6-7H2,3-4H3/q+1. The molecule has 2 nitrogen and oxygen atoms in total. The zero-order valence-electron chi connectivity index (χ0n) is 6.76. The number of carbonyl (C=O) groups excluding carboxylic acids is 1. The van der Waals surface area contributed by atoms with Crippen LogP contribution in [-0.2, 0) is 4.79 Å². The van der Waals surface area contributed by atoms with E-state index >= 15 is 0 Å². The summed E-state index contributed by atoms with van der Waals surface area (Å²) in [5.41, 5.74) is 0. The zero-order valence-corrected chi connectivity index (χ0v) is 6.76. The van der Waals surface area contributed by atoms with Crippen LogP contribution in [0.2, 0.25) is 0 Å². The molecule has 0 N–H and O–H groups in total. The lowest BCUT2D eigenvalue weighted by Crippen LogP contribution is -2.33. The van der Waals surface area contributed by atoms with Gasteiger partial charge in [-0.25, -0.2) is 0 Å². The average molecular weight is 141 g/mol. The van der Waals surface area contributed by atoms with Crippen molar-refractivity contribution in [3.05, 3.63) is 19.7 Å². The van der Waals surface area contributed by atoms with Crippen LogP contribution < -0.4 is 0 Å². The number of allylic oxidation sites excluding steroid dienone is 1. The van der Waals surface area contributed by atoms with Gasteiger partial charge in [-0.15, -0.1) is 0 Å². The third-order valence-corrected chi connectivity index (χ3v) is 1.19. The molecule has 2 heteroatoms. The molecule has 1 radical (unpaired) electrons. The molecule has 0 aliphatic heterocycles. The molecule has 0 aromatic heterocycles. The number of ketones is 1. The van der Waals surface area contributed by atoms with Gasteiger partial charge in [-0.3, -0.25) is 4.79 Å². The molecule has 0 aliphatic carbocycles. The highest BCUT2D eigenvalue weighted by Crippen LogP contribution is 1.96. The third kappa shape index (κ3) is 5.51. The highest BCUT2D eigenvalue weighted by molar-refractivity contribution is 5.89. The topological polar surface area (TPSA) is 17.1 Å². The maximum absolute atomic E-state index is 10.7. The van der Waals surface area contributed by atoms with Crippen molar-refractivity contribution >= 4 is 5.78 Å². The Balaban J connectivity index is 3.55. The average Bonchev–Trinajstić information content (AvgIpc) is 1.81. The molecule has 0 saturated carbocycles. The van der Waals surface area contributed by atoms with Crippen molar-refractivity contribution in [2.24, 2.45) is 0 Å². The summed E-state index contributed by atoms with van der Waals surface area (Å²) in [5.74, 6) is 0.0925. The first-order chi connectivity index (χ1) is 4.45. The summed E-state index contributed by atoms with van der Waals surface area (Å²) in [6, 6.07) is 0. The van der Waals surface area contributed by atoms with Crippen molar-refractivity contribution in [3.63, 3.8) is 0 Å². The highest BCUT2D eigenvalue weighted by atomic mass is 16.1. The lowest BCUT2D eigenvalue weighted by atomic mass is 10.2. The molecule has 0 saturated heterocycles. The van der Waals surface area contributed by atoms with Crippen molar-refractivity contribution in [2.45, 2.75) is 6.42 Å². The van der Waals surface area contributed by atoms with Gasteiger partial charge in [0.2, 0.25) is 0 Å². The summed E-state index contributed by atoms with van der Waals surface area (Å²) < 4.78 is 0.583. The van der Waals surface area contributed by atoms with Gasteiger partial charge in [-0.1, -0.05) is 6.58 Å². The van der Waals surface area contributed by atoms with Crippen LogP contribution in [-0.4, -0.2) is 30.9 Å². The molecular weight excluding hydrogens is 126 g/mol. The number of hydrogen-bond acceptors (Lipinski definition) is 1. The summed E-state index contributed by atoms with van der Waals surface area (Å²) in [5, 5.41) is 0. The van der Waals surface area contributed by atoms with Gasteiger partial charge in [0.25, 0.3) is 0 Å². The van der Waals surface area contributed by atoms with E-state index < -0.39 is 0 Å². The van der Waals surface area contributed by atoms with E-state index in [1.165, 1.54) is 6.08 Å². The summed E-state index contributed by atoms with van der Waals surface area (Å²) >= 11 is 0. The maximum Gasteiger partial charge on any atom is 0.160 e. The Bertz CT molecular complexity index is 133. The van der Waals surface area contributed by atoms with Gasteiger partial charge in [0.1, 0.15) is 7.05 Å². The first-order valence-corrected chi connectivity index (χ1v) is 3.28. The molecule has 0 bridgehead atoms. The first kappa shape index (κ1) is 9.37. The second-order valence-electron chi connectivity index (χ2n) is 3.08. The Morgan fingerprint density at radius 3 is 2.40 bits per heavy atom. The smallest absolute Gasteiger partial charge is 0.160 e. The van der Waals surface area contributed by atoms with Gasteiger partial charge in [0, 0.05) is 0 Å². The molecule has 0 aromatic carbocycles. The van der Waals surface area contributed by atoms with Crippen molar-refractivity contribution < 1.29 is 9.28 Å². The predicted molar refractivity (Wildman–Crippen MR) is 42.2 cm³/mol. The van der Waals surface area contributed by atoms with Crippen LogP contribution in [0.5, 0.6) is 0 Å². The van der Waals surface area contributed by atoms with Crippen molar-refractivity contribution in [3.8, 4) is 0 Å². The molecule has 0 heterocycles. The number of rotatable bonds is 4. The second-order valence-corrected chi connectivity index (χ2v) is 3.08. The molecule has 0 unspecified atom stereocenters. The molecule has 10 heavy (non-hydrogen) atoms. The highest BCUT2D eigenvalue weighted by Gasteiger charge is 2.08. The van der Waals surface area contributed by atoms with E-state index in [4.69, 9.17) is 0 Å². The fourth-order valence-electron chi connectivity index (χ4n) is 0.515. The molecule has 0 aromatic rings. The Labute approximate surface area is 62.7 Å². The Morgan fingerprint density at radius 2 is 2.10 bits per heavy atom. The number of quaternary nitrogens is 1. The number of carbonyl (C=O) groups is 1. The monoisotopic (exact) mass is 141 g/mol. The van der Waals surface area contributed by atoms with Crippen molar-refractivity contribution in [1.82, 2.24) is 0 Å². The van der Waals surface area contributed by atoms with E-state index in [1.807, 2.05) is 14.1 Å². The minimum Gasteiger partial charge on any atom is -0.323 e. The molecular formula is C8H15NO+. The second kappa shape index (κ2) is 3.52. The summed E-state index contributed by atoms with van der Waals surface area (Å²) in [6.45, 7) is 4.15. The predicted octanol–water partition coefficient (Wildman–Crippen LogP) is 1.000. The molecule has 0 amide bonds. The SMILES string of the molecule is [CH2][N+](C)(C)CCC(=O)C=C. The van der Waals surface area contributed by atoms with Crippen LogP contribution in [0.1, 0.15) is 6.42 Å². The summed E-state index contributed by atoms with van der Waals surface area (Å²) in [6.07, 6.45) is 1.90. The molecule has 57 valence electrons. The van der Waals surface area contributed by atoms with E-state index in [1.54, 1.807) is 0 Å².